The number of nitrogens with zero attached hydrogens (tertiary/aromatic N) is 1. The van der Waals surface area contributed by atoms with Crippen molar-refractivity contribution in [3.8, 4) is 0 Å². The third-order valence-corrected chi connectivity index (χ3v) is 3.37. The predicted octanol–water partition coefficient (Wildman–Crippen LogP) is 1.90. The smallest absolute Gasteiger partial charge is 0.254 e. The van der Waals surface area contributed by atoms with Gasteiger partial charge in [0.15, 0.2) is 0 Å². The molecule has 0 aromatic heterocycles. The van der Waals surface area contributed by atoms with Crippen molar-refractivity contribution in [2.24, 2.45) is 0 Å². The van der Waals surface area contributed by atoms with Gasteiger partial charge in [-0.2, -0.15) is 0 Å². The minimum absolute atomic E-state index is 0.00849. The van der Waals surface area contributed by atoms with Crippen molar-refractivity contribution in [2.75, 3.05) is 25.1 Å². The molecule has 1 fully saturated rings. The number of hydrogen-bond donors (Lipinski definition) is 1. The van der Waals surface area contributed by atoms with Crippen LogP contribution in [0.1, 0.15) is 30.6 Å². The third-order valence-electron chi connectivity index (χ3n) is 3.37. The van der Waals surface area contributed by atoms with Gasteiger partial charge in [0.1, 0.15) is 0 Å². The summed E-state index contributed by atoms with van der Waals surface area (Å²) in [6, 6.07) is 7.10. The van der Waals surface area contributed by atoms with E-state index in [0.29, 0.717) is 37.4 Å². The highest BCUT2D eigenvalue weighted by Crippen LogP contribution is 2.15. The van der Waals surface area contributed by atoms with E-state index in [2.05, 4.69) is 5.32 Å². The molecule has 1 aromatic carbocycles. The summed E-state index contributed by atoms with van der Waals surface area (Å²) in [5.74, 6) is -0.0277. The van der Waals surface area contributed by atoms with E-state index in [1.54, 1.807) is 31.2 Å². The number of amides is 2. The Hall–Kier alpha value is -1.88. The van der Waals surface area contributed by atoms with E-state index in [4.69, 9.17) is 4.74 Å². The van der Waals surface area contributed by atoms with Crippen LogP contribution in [0.25, 0.3) is 0 Å². The molecule has 1 saturated heterocycles. The minimum Gasteiger partial charge on any atom is -0.377 e. The first-order valence-electron chi connectivity index (χ1n) is 6.90. The monoisotopic (exact) mass is 276 g/mol. The van der Waals surface area contributed by atoms with Gasteiger partial charge in [-0.15, -0.1) is 0 Å². The lowest BCUT2D eigenvalue weighted by atomic mass is 10.1. The Balaban J connectivity index is 2.05. The second kappa shape index (κ2) is 6.52. The average molecular weight is 276 g/mol. The summed E-state index contributed by atoms with van der Waals surface area (Å²) in [5, 5.41) is 2.76. The Bertz CT molecular complexity index is 484. The second-order valence-corrected chi connectivity index (χ2v) is 4.90. The molecule has 1 unspecified atom stereocenters. The zero-order valence-electron chi connectivity index (χ0n) is 11.9. The highest BCUT2D eigenvalue weighted by molar-refractivity contribution is 5.96. The summed E-state index contributed by atoms with van der Waals surface area (Å²) in [6.07, 6.45) is 0.436. The number of benzene rings is 1. The maximum Gasteiger partial charge on any atom is 0.254 e. The van der Waals surface area contributed by atoms with Gasteiger partial charge in [-0.25, -0.2) is 0 Å². The standard InChI is InChI=1S/C15H20N2O3/c1-3-14(18)16-13-6-4-12(5-7-13)15(19)17-8-9-20-10-11(17)2/h4-7,11H,3,8-10H2,1-2H3,(H,16,18). The zero-order chi connectivity index (χ0) is 14.5. The number of anilines is 1. The number of carbonyl (C=O) groups is 2. The first-order valence-corrected chi connectivity index (χ1v) is 6.90. The third kappa shape index (κ3) is 3.36. The van der Waals surface area contributed by atoms with Crippen LogP contribution in [-0.4, -0.2) is 42.5 Å². The van der Waals surface area contributed by atoms with Crippen molar-refractivity contribution in [3.63, 3.8) is 0 Å². The van der Waals surface area contributed by atoms with Gasteiger partial charge in [0, 0.05) is 24.2 Å². The number of ether oxygens (including phenoxy) is 1. The molecule has 0 radical (unpaired) electrons. The van der Waals surface area contributed by atoms with Gasteiger partial charge in [0.25, 0.3) is 5.91 Å². The van der Waals surface area contributed by atoms with Gasteiger partial charge in [-0.1, -0.05) is 6.92 Å². The van der Waals surface area contributed by atoms with Gasteiger partial charge < -0.3 is 15.0 Å². The molecule has 5 nitrogen and oxygen atoms in total. The molecule has 1 aromatic rings. The average Bonchev–Trinajstić information content (AvgIpc) is 2.47. The highest BCUT2D eigenvalue weighted by atomic mass is 16.5. The summed E-state index contributed by atoms with van der Waals surface area (Å²) in [6.45, 7) is 5.56. The SMILES string of the molecule is CCC(=O)Nc1ccc(C(=O)N2CCOCC2C)cc1. The molecule has 1 heterocycles. The lowest BCUT2D eigenvalue weighted by Crippen LogP contribution is -2.47. The molecule has 0 aliphatic carbocycles. The molecule has 1 atom stereocenters. The summed E-state index contributed by atoms with van der Waals surface area (Å²) >= 11 is 0. The fraction of sp³-hybridized carbons (Fsp3) is 0.467. The van der Waals surface area contributed by atoms with E-state index in [1.807, 2.05) is 11.8 Å². The van der Waals surface area contributed by atoms with Crippen LogP contribution in [0.5, 0.6) is 0 Å². The summed E-state index contributed by atoms with van der Waals surface area (Å²) in [5.41, 5.74) is 1.34. The molecule has 5 heteroatoms. The van der Waals surface area contributed by atoms with Crippen LogP contribution < -0.4 is 5.32 Å². The van der Waals surface area contributed by atoms with Gasteiger partial charge >= 0.3 is 0 Å². The van der Waals surface area contributed by atoms with Gasteiger partial charge in [-0.05, 0) is 31.2 Å². The molecule has 108 valence electrons. The number of morpholine rings is 1. The Morgan fingerprint density at radius 1 is 1.35 bits per heavy atom. The van der Waals surface area contributed by atoms with Crippen molar-refractivity contribution in [1.82, 2.24) is 4.90 Å². The number of carbonyl (C=O) groups excluding carboxylic acids is 2. The zero-order valence-corrected chi connectivity index (χ0v) is 11.9. The molecule has 0 saturated carbocycles. The quantitative estimate of drug-likeness (QED) is 0.917. The van der Waals surface area contributed by atoms with E-state index in [0.717, 1.165) is 0 Å². The Morgan fingerprint density at radius 3 is 2.65 bits per heavy atom. The van der Waals surface area contributed by atoms with Crippen molar-refractivity contribution in [2.45, 2.75) is 26.3 Å². The lowest BCUT2D eigenvalue weighted by molar-refractivity contribution is -0.115. The van der Waals surface area contributed by atoms with E-state index >= 15 is 0 Å². The molecule has 2 amide bonds. The molecular formula is C15H20N2O3. The topological polar surface area (TPSA) is 58.6 Å². The molecule has 2 rings (SSSR count). The first-order chi connectivity index (χ1) is 9.61. The summed E-state index contributed by atoms with van der Waals surface area (Å²) < 4.78 is 5.33. The fourth-order valence-electron chi connectivity index (χ4n) is 2.14. The van der Waals surface area contributed by atoms with Crippen LogP contribution in [0.4, 0.5) is 5.69 Å². The van der Waals surface area contributed by atoms with E-state index < -0.39 is 0 Å². The minimum atomic E-state index is -0.0362. The van der Waals surface area contributed by atoms with Crippen molar-refractivity contribution >= 4 is 17.5 Å². The number of nitrogens with one attached hydrogen (secondary N) is 1. The molecule has 1 aliphatic rings. The highest BCUT2D eigenvalue weighted by Gasteiger charge is 2.24. The maximum absolute atomic E-state index is 12.4. The van der Waals surface area contributed by atoms with Gasteiger partial charge in [0.05, 0.1) is 19.3 Å². The van der Waals surface area contributed by atoms with E-state index in [1.165, 1.54) is 0 Å². The van der Waals surface area contributed by atoms with Gasteiger partial charge in [-0.3, -0.25) is 9.59 Å². The fourth-order valence-corrected chi connectivity index (χ4v) is 2.14. The normalized spacial score (nSPS) is 18.7. The number of rotatable bonds is 3. The van der Waals surface area contributed by atoms with Crippen LogP contribution in [0.15, 0.2) is 24.3 Å². The Morgan fingerprint density at radius 2 is 2.05 bits per heavy atom. The van der Waals surface area contributed by atoms with Crippen molar-refractivity contribution in [3.05, 3.63) is 29.8 Å². The van der Waals surface area contributed by atoms with Crippen LogP contribution in [0.3, 0.4) is 0 Å². The first kappa shape index (κ1) is 14.5. The maximum atomic E-state index is 12.4. The second-order valence-electron chi connectivity index (χ2n) is 4.90. The molecule has 0 spiro atoms. The molecule has 1 aliphatic heterocycles. The molecule has 0 bridgehead atoms. The summed E-state index contributed by atoms with van der Waals surface area (Å²) in [7, 11) is 0. The largest absolute Gasteiger partial charge is 0.377 e. The van der Waals surface area contributed by atoms with Crippen molar-refractivity contribution < 1.29 is 14.3 Å². The lowest BCUT2D eigenvalue weighted by Gasteiger charge is -2.33. The number of hydrogen-bond acceptors (Lipinski definition) is 3. The van der Waals surface area contributed by atoms with Gasteiger partial charge in [0.2, 0.25) is 5.91 Å². The predicted molar refractivity (Wildman–Crippen MR) is 76.7 cm³/mol. The van der Waals surface area contributed by atoms with Crippen LogP contribution >= 0.6 is 0 Å². The molecule has 1 N–H and O–H groups in total. The Labute approximate surface area is 118 Å². The summed E-state index contributed by atoms with van der Waals surface area (Å²) in [4.78, 5) is 25.5. The van der Waals surface area contributed by atoms with E-state index in [-0.39, 0.29) is 17.9 Å². The molecule has 20 heavy (non-hydrogen) atoms. The van der Waals surface area contributed by atoms with Crippen molar-refractivity contribution in [1.29, 1.82) is 0 Å². The van der Waals surface area contributed by atoms with Crippen LogP contribution in [0, 0.1) is 0 Å². The Kier molecular flexibility index (Phi) is 4.74. The van der Waals surface area contributed by atoms with Crippen LogP contribution in [0.2, 0.25) is 0 Å². The van der Waals surface area contributed by atoms with Crippen LogP contribution in [-0.2, 0) is 9.53 Å². The molecular weight excluding hydrogens is 256 g/mol. The van der Waals surface area contributed by atoms with E-state index in [9.17, 15) is 9.59 Å².